The molecule has 2 aromatic carbocycles. The van der Waals surface area contributed by atoms with Gasteiger partial charge in [-0.05, 0) is 42.5 Å². The van der Waals surface area contributed by atoms with Gasteiger partial charge in [-0.1, -0.05) is 0 Å². The number of carbonyl (C=O) groups excluding carboxylic acids is 1. The molecule has 0 fully saturated rings. The molecule has 28 heavy (non-hydrogen) atoms. The van der Waals surface area contributed by atoms with E-state index in [1.54, 1.807) is 24.4 Å². The third-order valence-corrected chi connectivity index (χ3v) is 4.64. The molecule has 0 saturated carbocycles. The fraction of sp³-hybridized carbons (Fsp3) is 0.105. The molecule has 4 rings (SSSR count). The summed E-state index contributed by atoms with van der Waals surface area (Å²) >= 11 is 1.13. The third kappa shape index (κ3) is 3.89. The smallest absolute Gasteiger partial charge is 0.255 e. The van der Waals surface area contributed by atoms with E-state index in [0.29, 0.717) is 17.1 Å². The molecule has 8 nitrogen and oxygen atoms in total. The van der Waals surface area contributed by atoms with Crippen molar-refractivity contribution in [3.63, 3.8) is 0 Å². The van der Waals surface area contributed by atoms with Crippen LogP contribution in [0.3, 0.4) is 0 Å². The lowest BCUT2D eigenvalue weighted by Gasteiger charge is -2.13. The lowest BCUT2D eigenvalue weighted by Crippen LogP contribution is -2.11. The van der Waals surface area contributed by atoms with Crippen LogP contribution in [-0.4, -0.2) is 38.9 Å². The molecular weight excluding hydrogens is 374 g/mol. The first-order chi connectivity index (χ1) is 13.6. The lowest BCUT2D eigenvalue weighted by atomic mass is 10.2. The maximum absolute atomic E-state index is 12.5. The normalized spacial score (nSPS) is 10.6. The number of benzene rings is 2. The minimum absolute atomic E-state index is 0.194. The van der Waals surface area contributed by atoms with E-state index in [1.165, 1.54) is 0 Å². The molecule has 0 aliphatic carbocycles. The van der Waals surface area contributed by atoms with Crippen LogP contribution in [0.4, 0.5) is 22.9 Å². The number of amides is 1. The Labute approximate surface area is 165 Å². The Morgan fingerprint density at radius 1 is 0.964 bits per heavy atom. The van der Waals surface area contributed by atoms with Crippen molar-refractivity contribution in [3.05, 3.63) is 60.3 Å². The molecule has 0 aliphatic heterocycles. The second-order valence-electron chi connectivity index (χ2n) is 6.32. The Kier molecular flexibility index (Phi) is 4.81. The minimum atomic E-state index is -0.194. The Balaban J connectivity index is 1.44. The molecule has 0 unspecified atom stereocenters. The van der Waals surface area contributed by atoms with Gasteiger partial charge in [0.25, 0.3) is 5.91 Å². The first-order valence-corrected chi connectivity index (χ1v) is 9.22. The van der Waals surface area contributed by atoms with E-state index in [0.717, 1.165) is 34.1 Å². The number of anilines is 4. The van der Waals surface area contributed by atoms with Gasteiger partial charge in [-0.25, -0.2) is 0 Å². The highest BCUT2D eigenvalue weighted by molar-refractivity contribution is 7.00. The van der Waals surface area contributed by atoms with Crippen LogP contribution in [0.15, 0.2) is 54.7 Å². The summed E-state index contributed by atoms with van der Waals surface area (Å²) in [4.78, 5) is 14.4. The molecule has 2 aromatic heterocycles. The molecular formula is C19H17N7OS. The van der Waals surface area contributed by atoms with Crippen molar-refractivity contribution in [3.8, 4) is 0 Å². The summed E-state index contributed by atoms with van der Waals surface area (Å²) in [5.74, 6) is 0.452. The van der Waals surface area contributed by atoms with Gasteiger partial charge in [0.2, 0.25) is 0 Å². The average Bonchev–Trinajstić information content (AvgIpc) is 3.17. The zero-order valence-corrected chi connectivity index (χ0v) is 16.1. The van der Waals surface area contributed by atoms with Crippen molar-refractivity contribution >= 4 is 51.5 Å². The number of nitrogens with one attached hydrogen (secondary N) is 2. The maximum atomic E-state index is 12.5. The molecule has 2 N–H and O–H groups in total. The van der Waals surface area contributed by atoms with Crippen LogP contribution in [0, 0.1) is 0 Å². The minimum Gasteiger partial charge on any atom is -0.376 e. The third-order valence-electron chi connectivity index (χ3n) is 4.09. The first-order valence-electron chi connectivity index (χ1n) is 8.49. The van der Waals surface area contributed by atoms with Crippen LogP contribution in [0.2, 0.25) is 0 Å². The van der Waals surface area contributed by atoms with E-state index in [9.17, 15) is 4.79 Å². The molecule has 9 heteroatoms. The van der Waals surface area contributed by atoms with Crippen molar-refractivity contribution in [1.29, 1.82) is 0 Å². The Morgan fingerprint density at radius 2 is 1.71 bits per heavy atom. The second kappa shape index (κ2) is 7.57. The summed E-state index contributed by atoms with van der Waals surface area (Å²) in [6.45, 7) is 0. The Morgan fingerprint density at radius 3 is 2.50 bits per heavy atom. The highest BCUT2D eigenvalue weighted by Crippen LogP contribution is 2.21. The van der Waals surface area contributed by atoms with Gasteiger partial charge in [-0.15, -0.1) is 5.10 Å². The Hall–Kier alpha value is -3.59. The Bertz CT molecular complexity index is 1120. The molecule has 1 amide bonds. The summed E-state index contributed by atoms with van der Waals surface area (Å²) in [5, 5.41) is 14.2. The predicted molar refractivity (Wildman–Crippen MR) is 111 cm³/mol. The number of rotatable bonds is 5. The van der Waals surface area contributed by atoms with Crippen LogP contribution in [0.25, 0.3) is 11.0 Å². The summed E-state index contributed by atoms with van der Waals surface area (Å²) in [5.41, 5.74) is 4.54. The van der Waals surface area contributed by atoms with Crippen LogP contribution in [0.5, 0.6) is 0 Å². The standard InChI is InChI=1S/C19H17N7OS/c1-26(2)15-10-18(23-20-11-15)21-13-4-6-14(7-5-13)22-19(27)12-3-8-16-17(9-12)25-28-24-16/h3-11H,1-2H3,(H,21,23)(H,22,27). The van der Waals surface area contributed by atoms with Gasteiger partial charge in [0.1, 0.15) is 11.0 Å². The van der Waals surface area contributed by atoms with Crippen molar-refractivity contribution in [1.82, 2.24) is 18.9 Å². The zero-order chi connectivity index (χ0) is 19.5. The van der Waals surface area contributed by atoms with Gasteiger partial charge in [-0.3, -0.25) is 4.79 Å². The number of aromatic nitrogens is 4. The molecule has 2 heterocycles. The lowest BCUT2D eigenvalue weighted by molar-refractivity contribution is 0.102. The van der Waals surface area contributed by atoms with Gasteiger partial charge in [-0.2, -0.15) is 13.8 Å². The SMILES string of the molecule is CN(C)c1cnnc(Nc2ccc(NC(=O)c3ccc4nsnc4c3)cc2)c1. The van der Waals surface area contributed by atoms with Crippen LogP contribution >= 0.6 is 11.7 Å². The van der Waals surface area contributed by atoms with E-state index < -0.39 is 0 Å². The molecule has 4 aromatic rings. The van der Waals surface area contributed by atoms with Crippen molar-refractivity contribution in [2.45, 2.75) is 0 Å². The topological polar surface area (TPSA) is 95.9 Å². The molecule has 0 saturated heterocycles. The van der Waals surface area contributed by atoms with Crippen LogP contribution < -0.4 is 15.5 Å². The highest BCUT2D eigenvalue weighted by atomic mass is 32.1. The number of nitrogens with zero attached hydrogens (tertiary/aromatic N) is 5. The molecule has 0 atom stereocenters. The van der Waals surface area contributed by atoms with Gasteiger partial charge >= 0.3 is 0 Å². The number of fused-ring (bicyclic) bond motifs is 1. The molecule has 0 aliphatic rings. The van der Waals surface area contributed by atoms with Crippen molar-refractivity contribution in [2.75, 3.05) is 29.6 Å². The van der Waals surface area contributed by atoms with Crippen molar-refractivity contribution in [2.24, 2.45) is 0 Å². The average molecular weight is 391 g/mol. The van der Waals surface area contributed by atoms with E-state index in [2.05, 4.69) is 29.6 Å². The summed E-state index contributed by atoms with van der Waals surface area (Å²) in [7, 11) is 3.89. The molecule has 0 bridgehead atoms. The van der Waals surface area contributed by atoms with Gasteiger partial charge < -0.3 is 15.5 Å². The summed E-state index contributed by atoms with van der Waals surface area (Å²) in [6.07, 6.45) is 1.70. The van der Waals surface area contributed by atoms with Crippen LogP contribution in [0.1, 0.15) is 10.4 Å². The fourth-order valence-electron chi connectivity index (χ4n) is 2.57. The predicted octanol–water partition coefficient (Wildman–Crippen LogP) is 3.54. The van der Waals surface area contributed by atoms with E-state index >= 15 is 0 Å². The van der Waals surface area contributed by atoms with Crippen molar-refractivity contribution < 1.29 is 4.79 Å². The first kappa shape index (κ1) is 17.8. The molecule has 140 valence electrons. The maximum Gasteiger partial charge on any atom is 0.255 e. The molecule has 0 radical (unpaired) electrons. The van der Waals surface area contributed by atoms with Gasteiger partial charge in [0, 0.05) is 37.1 Å². The number of carbonyl (C=O) groups is 1. The largest absolute Gasteiger partial charge is 0.376 e. The molecule has 0 spiro atoms. The highest BCUT2D eigenvalue weighted by Gasteiger charge is 2.09. The fourth-order valence-corrected chi connectivity index (χ4v) is 3.09. The number of hydrogen-bond acceptors (Lipinski definition) is 8. The van der Waals surface area contributed by atoms with Gasteiger partial charge in [0.05, 0.1) is 23.6 Å². The second-order valence-corrected chi connectivity index (χ2v) is 6.85. The van der Waals surface area contributed by atoms with E-state index in [4.69, 9.17) is 0 Å². The van der Waals surface area contributed by atoms with Crippen LogP contribution in [-0.2, 0) is 0 Å². The summed E-state index contributed by atoms with van der Waals surface area (Å²) in [6, 6.07) is 14.6. The van der Waals surface area contributed by atoms with E-state index in [1.807, 2.05) is 49.3 Å². The van der Waals surface area contributed by atoms with E-state index in [-0.39, 0.29) is 5.91 Å². The number of hydrogen-bond donors (Lipinski definition) is 2. The summed E-state index contributed by atoms with van der Waals surface area (Å²) < 4.78 is 8.31. The zero-order valence-electron chi connectivity index (χ0n) is 15.2. The van der Waals surface area contributed by atoms with Gasteiger partial charge in [0.15, 0.2) is 5.82 Å². The quantitative estimate of drug-likeness (QED) is 0.537. The monoisotopic (exact) mass is 391 g/mol.